The number of nitrogens with zero attached hydrogens (tertiary/aromatic N) is 1. The number of amides is 1. The van der Waals surface area contributed by atoms with Crippen LogP contribution in [0.4, 0.5) is 11.4 Å². The summed E-state index contributed by atoms with van der Waals surface area (Å²) in [5, 5.41) is 2.82. The van der Waals surface area contributed by atoms with Crippen LogP contribution in [-0.4, -0.2) is 32.7 Å². The molecule has 1 aliphatic heterocycles. The van der Waals surface area contributed by atoms with E-state index >= 15 is 0 Å². The van der Waals surface area contributed by atoms with Gasteiger partial charge in [0.1, 0.15) is 5.75 Å². The minimum Gasteiger partial charge on any atom is -0.497 e. The van der Waals surface area contributed by atoms with Gasteiger partial charge in [-0.3, -0.25) is 9.10 Å². The van der Waals surface area contributed by atoms with Gasteiger partial charge in [0.25, 0.3) is 0 Å². The minimum atomic E-state index is -3.77. The number of carbonyl (C=O) groups excluding carboxylic acids is 1. The molecule has 0 spiro atoms. The van der Waals surface area contributed by atoms with Crippen molar-refractivity contribution in [2.75, 3.05) is 23.3 Å². The van der Waals surface area contributed by atoms with Crippen LogP contribution in [0, 0.1) is 19.8 Å². The molecule has 1 saturated heterocycles. The Hall–Kier alpha value is -2.54. The fourth-order valence-electron chi connectivity index (χ4n) is 3.81. The summed E-state index contributed by atoms with van der Waals surface area (Å²) in [6.45, 7) is 4.15. The number of nitrogens with one attached hydrogen (secondary N) is 1. The summed E-state index contributed by atoms with van der Waals surface area (Å²) in [7, 11) is -2.19. The smallest absolute Gasteiger partial charge is 0.250 e. The van der Waals surface area contributed by atoms with Crippen LogP contribution in [0.1, 0.15) is 17.5 Å². The average molecular weight is 386 g/mol. The number of anilines is 2. The normalized spacial score (nSPS) is 25.0. The summed E-state index contributed by atoms with van der Waals surface area (Å²) in [5.41, 5.74) is 3.09. The summed E-state index contributed by atoms with van der Waals surface area (Å²) >= 11 is 0. The molecule has 0 bridgehead atoms. The van der Waals surface area contributed by atoms with Gasteiger partial charge >= 0.3 is 0 Å². The first kappa shape index (κ1) is 17.9. The molecule has 2 fully saturated rings. The van der Waals surface area contributed by atoms with E-state index in [0.29, 0.717) is 30.1 Å². The molecule has 2 unspecified atom stereocenters. The molecule has 1 aliphatic carbocycles. The number of hydrogen-bond acceptors (Lipinski definition) is 4. The molecule has 6 nitrogen and oxygen atoms in total. The summed E-state index contributed by atoms with van der Waals surface area (Å²) in [6, 6.07) is 12.6. The summed E-state index contributed by atoms with van der Waals surface area (Å²) in [4.78, 5) is 13.0. The Morgan fingerprint density at radius 2 is 1.89 bits per heavy atom. The van der Waals surface area contributed by atoms with Gasteiger partial charge in [0.15, 0.2) is 4.75 Å². The number of benzene rings is 2. The number of hydrogen-bond donors (Lipinski definition) is 1. The third-order valence-electron chi connectivity index (χ3n) is 5.57. The first-order chi connectivity index (χ1) is 12.8. The molecular formula is C20H22N2O4S. The van der Waals surface area contributed by atoms with E-state index in [-0.39, 0.29) is 5.92 Å². The highest BCUT2D eigenvalue weighted by Crippen LogP contribution is 2.58. The summed E-state index contributed by atoms with van der Waals surface area (Å²) < 4.78 is 31.6. The standard InChI is InChI=1S/C20H22N2O4S/c1-13-4-6-16(7-5-13)22-12-15-11-20(15,27(22,24)25)19(23)21-18-9-8-17(26-3)10-14(18)2/h4-10,15H,11-12H2,1-3H3,(H,21,23). The van der Waals surface area contributed by atoms with Crippen LogP contribution in [0.25, 0.3) is 0 Å². The highest BCUT2D eigenvalue weighted by molar-refractivity contribution is 7.95. The maximum absolute atomic E-state index is 13.2. The zero-order chi connectivity index (χ0) is 19.4. The molecule has 0 aromatic heterocycles. The molecule has 2 aromatic rings. The Morgan fingerprint density at radius 1 is 1.19 bits per heavy atom. The molecule has 1 amide bonds. The van der Waals surface area contributed by atoms with Gasteiger partial charge in [-0.1, -0.05) is 17.7 Å². The minimum absolute atomic E-state index is 0.178. The lowest BCUT2D eigenvalue weighted by atomic mass is 10.1. The molecule has 7 heteroatoms. The number of ether oxygens (including phenoxy) is 1. The van der Waals surface area contributed by atoms with E-state index in [2.05, 4.69) is 5.32 Å². The first-order valence-electron chi connectivity index (χ1n) is 8.84. The number of fused-ring (bicyclic) bond motifs is 1. The molecule has 1 saturated carbocycles. The monoisotopic (exact) mass is 386 g/mol. The first-order valence-corrected chi connectivity index (χ1v) is 10.3. The van der Waals surface area contributed by atoms with Crippen molar-refractivity contribution in [3.63, 3.8) is 0 Å². The quantitative estimate of drug-likeness (QED) is 0.877. The molecule has 2 atom stereocenters. The van der Waals surface area contributed by atoms with E-state index in [9.17, 15) is 13.2 Å². The van der Waals surface area contributed by atoms with Crippen LogP contribution in [-0.2, 0) is 14.8 Å². The lowest BCUT2D eigenvalue weighted by Crippen LogP contribution is -2.42. The van der Waals surface area contributed by atoms with E-state index in [0.717, 1.165) is 11.1 Å². The van der Waals surface area contributed by atoms with Crippen LogP contribution in [0.5, 0.6) is 5.75 Å². The maximum Gasteiger partial charge on any atom is 0.250 e. The lowest BCUT2D eigenvalue weighted by Gasteiger charge is -2.23. The molecule has 1 N–H and O–H groups in total. The predicted octanol–water partition coefficient (Wildman–Crippen LogP) is 2.86. The Kier molecular flexibility index (Phi) is 3.96. The number of sulfonamides is 1. The molecule has 142 valence electrons. The van der Waals surface area contributed by atoms with Crippen LogP contribution >= 0.6 is 0 Å². The van der Waals surface area contributed by atoms with E-state index in [4.69, 9.17) is 4.74 Å². The van der Waals surface area contributed by atoms with E-state index in [1.165, 1.54) is 4.31 Å². The second kappa shape index (κ2) is 5.99. The Balaban J connectivity index is 1.61. The SMILES string of the molecule is COc1ccc(NC(=O)C23CC2CN(c2ccc(C)cc2)S3(=O)=O)c(C)c1. The zero-order valence-electron chi connectivity index (χ0n) is 15.5. The van der Waals surface area contributed by atoms with Gasteiger partial charge in [-0.25, -0.2) is 8.42 Å². The van der Waals surface area contributed by atoms with Gasteiger partial charge in [-0.15, -0.1) is 0 Å². The van der Waals surface area contributed by atoms with Gasteiger partial charge in [0.2, 0.25) is 15.9 Å². The number of aryl methyl sites for hydroxylation is 2. The van der Waals surface area contributed by atoms with Crippen molar-refractivity contribution in [2.24, 2.45) is 5.92 Å². The van der Waals surface area contributed by atoms with Gasteiger partial charge < -0.3 is 10.1 Å². The van der Waals surface area contributed by atoms with Gasteiger partial charge in [-0.2, -0.15) is 0 Å². The van der Waals surface area contributed by atoms with Crippen molar-refractivity contribution in [3.8, 4) is 5.75 Å². The van der Waals surface area contributed by atoms with Crippen molar-refractivity contribution in [1.29, 1.82) is 0 Å². The molecular weight excluding hydrogens is 364 g/mol. The largest absolute Gasteiger partial charge is 0.497 e. The second-order valence-corrected chi connectivity index (χ2v) is 9.42. The Labute approximate surface area is 159 Å². The van der Waals surface area contributed by atoms with Crippen LogP contribution in [0.3, 0.4) is 0 Å². The van der Waals surface area contributed by atoms with Gasteiger partial charge in [0, 0.05) is 18.2 Å². The molecule has 1 heterocycles. The van der Waals surface area contributed by atoms with Gasteiger partial charge in [-0.05, 0) is 56.2 Å². The second-order valence-electron chi connectivity index (χ2n) is 7.30. The van der Waals surface area contributed by atoms with Gasteiger partial charge in [0.05, 0.1) is 12.8 Å². The topological polar surface area (TPSA) is 75.7 Å². The van der Waals surface area contributed by atoms with Crippen LogP contribution in [0.2, 0.25) is 0 Å². The summed E-state index contributed by atoms with van der Waals surface area (Å²) in [6.07, 6.45) is 0.374. The van der Waals surface area contributed by atoms with E-state index in [1.807, 2.05) is 26.0 Å². The van der Waals surface area contributed by atoms with Crippen LogP contribution < -0.4 is 14.4 Å². The third-order valence-corrected chi connectivity index (χ3v) is 8.12. The maximum atomic E-state index is 13.2. The summed E-state index contributed by atoms with van der Waals surface area (Å²) in [5.74, 6) is 0.0599. The average Bonchev–Trinajstić information content (AvgIpc) is 3.33. The van der Waals surface area contributed by atoms with Crippen molar-refractivity contribution in [1.82, 2.24) is 0 Å². The third kappa shape index (κ3) is 2.60. The molecule has 4 rings (SSSR count). The van der Waals surface area contributed by atoms with Crippen molar-refractivity contribution in [2.45, 2.75) is 25.0 Å². The van der Waals surface area contributed by atoms with E-state index < -0.39 is 20.7 Å². The fraction of sp³-hybridized carbons (Fsp3) is 0.350. The fourth-order valence-corrected chi connectivity index (χ4v) is 6.17. The zero-order valence-corrected chi connectivity index (χ0v) is 16.3. The molecule has 2 aromatic carbocycles. The van der Waals surface area contributed by atoms with Crippen LogP contribution in [0.15, 0.2) is 42.5 Å². The van der Waals surface area contributed by atoms with Crippen molar-refractivity contribution in [3.05, 3.63) is 53.6 Å². The highest BCUT2D eigenvalue weighted by atomic mass is 32.2. The lowest BCUT2D eigenvalue weighted by molar-refractivity contribution is -0.116. The predicted molar refractivity (Wildman–Crippen MR) is 105 cm³/mol. The molecule has 2 aliphatic rings. The Bertz CT molecular complexity index is 1020. The number of methoxy groups -OCH3 is 1. The highest BCUT2D eigenvalue weighted by Gasteiger charge is 2.75. The number of rotatable bonds is 4. The Morgan fingerprint density at radius 3 is 2.52 bits per heavy atom. The molecule has 0 radical (unpaired) electrons. The van der Waals surface area contributed by atoms with E-state index in [1.54, 1.807) is 37.4 Å². The van der Waals surface area contributed by atoms with Crippen molar-refractivity contribution >= 4 is 27.3 Å². The number of carbonyl (C=O) groups is 1. The van der Waals surface area contributed by atoms with Crippen molar-refractivity contribution < 1.29 is 17.9 Å². The molecule has 27 heavy (non-hydrogen) atoms.